The molecule has 1 amide bonds. The molecule has 1 saturated heterocycles. The predicted molar refractivity (Wildman–Crippen MR) is 105 cm³/mol. The van der Waals surface area contributed by atoms with Crippen molar-refractivity contribution >= 4 is 35.7 Å². The van der Waals surface area contributed by atoms with Gasteiger partial charge in [-0.15, -0.1) is 0 Å². The van der Waals surface area contributed by atoms with Gasteiger partial charge >= 0.3 is 13.9 Å². The van der Waals surface area contributed by atoms with Gasteiger partial charge in [0.2, 0.25) is 0 Å². The fourth-order valence-electron chi connectivity index (χ4n) is 2.25. The number of anilines is 1. The van der Waals surface area contributed by atoms with E-state index in [2.05, 4.69) is 20.9 Å². The summed E-state index contributed by atoms with van der Waals surface area (Å²) in [6, 6.07) is 3.50. The van der Waals surface area contributed by atoms with E-state index in [1.807, 2.05) is 13.8 Å². The molecule has 1 fully saturated rings. The third-order valence-electron chi connectivity index (χ3n) is 3.78. The summed E-state index contributed by atoms with van der Waals surface area (Å²) in [6.07, 6.45) is 3.82. The molecule has 0 aliphatic carbocycles. The molecule has 1 aliphatic heterocycles. The summed E-state index contributed by atoms with van der Waals surface area (Å²) in [6.45, 7) is 4.77. The van der Waals surface area contributed by atoms with E-state index in [4.69, 9.17) is 18.3 Å². The van der Waals surface area contributed by atoms with Crippen LogP contribution in [0.15, 0.2) is 22.8 Å². The van der Waals surface area contributed by atoms with E-state index in [-0.39, 0.29) is 13.2 Å². The number of ether oxygens (including phenoxy) is 1. The van der Waals surface area contributed by atoms with E-state index in [1.54, 1.807) is 18.3 Å². The molecule has 1 unspecified atom stereocenters. The highest BCUT2D eigenvalue weighted by molar-refractivity contribution is 9.10. The molecule has 2 heterocycles. The average Bonchev–Trinajstić information content (AvgIpc) is 3.02. The molecule has 2 rings (SSSR count). The van der Waals surface area contributed by atoms with E-state index in [9.17, 15) is 9.36 Å². The Labute approximate surface area is 168 Å². The number of nitrogens with zero attached hydrogens (tertiary/aromatic N) is 2. The maximum atomic E-state index is 12.8. The van der Waals surface area contributed by atoms with Gasteiger partial charge in [-0.05, 0) is 40.9 Å². The van der Waals surface area contributed by atoms with Crippen LogP contribution in [0.2, 0.25) is 0 Å². The Morgan fingerprint density at radius 2 is 1.89 bits per heavy atom. The summed E-state index contributed by atoms with van der Waals surface area (Å²) in [4.78, 5) is 17.7. The first-order valence-electron chi connectivity index (χ1n) is 9.10. The summed E-state index contributed by atoms with van der Waals surface area (Å²) >= 11 is 3.30. The van der Waals surface area contributed by atoms with Gasteiger partial charge in [0.15, 0.2) is 0 Å². The number of phosphoric acid groups is 1. The van der Waals surface area contributed by atoms with E-state index >= 15 is 0 Å². The molecule has 27 heavy (non-hydrogen) atoms. The molecule has 1 aromatic heterocycles. The topological polar surface area (TPSA) is 87.2 Å². The third kappa shape index (κ3) is 7.16. The number of phosphoric ester groups is 1. The number of carbonyl (C=O) groups excluding carboxylic acids is 1. The number of carbonyl (C=O) groups is 1. The van der Waals surface area contributed by atoms with Gasteiger partial charge in [0.05, 0.1) is 26.4 Å². The lowest BCUT2D eigenvalue weighted by molar-refractivity contribution is 0.0637. The first-order valence-corrected chi connectivity index (χ1v) is 11.4. The maximum Gasteiger partial charge on any atom is 0.474 e. The van der Waals surface area contributed by atoms with Crippen LogP contribution in [0, 0.1) is 0 Å². The molecule has 0 aromatic carbocycles. The molecule has 1 aromatic rings. The van der Waals surface area contributed by atoms with Crippen molar-refractivity contribution in [2.75, 3.05) is 31.3 Å². The molecular formula is C17H26BrN2O6P. The molecular weight excluding hydrogens is 439 g/mol. The molecule has 1 atom stereocenters. The third-order valence-corrected chi connectivity index (χ3v) is 5.71. The Morgan fingerprint density at radius 3 is 2.44 bits per heavy atom. The van der Waals surface area contributed by atoms with Gasteiger partial charge in [-0.2, -0.15) is 0 Å². The van der Waals surface area contributed by atoms with Gasteiger partial charge in [-0.3, -0.25) is 18.5 Å². The van der Waals surface area contributed by atoms with Crippen molar-refractivity contribution in [1.82, 2.24) is 4.98 Å². The minimum Gasteiger partial charge on any atom is -0.441 e. The largest absolute Gasteiger partial charge is 0.474 e. The Kier molecular flexibility index (Phi) is 9.18. The highest BCUT2D eigenvalue weighted by Gasteiger charge is 2.36. The number of rotatable bonds is 12. The van der Waals surface area contributed by atoms with Gasteiger partial charge in [0.25, 0.3) is 0 Å². The van der Waals surface area contributed by atoms with Crippen LogP contribution in [0.4, 0.5) is 10.6 Å². The standard InChI is InChI=1S/C17H26BrN2O6P/c1-3-5-9-23-27(22,24-10-6-4-2)25-13-15-12-20(17(21)26-15)16-8-7-14(18)11-19-16/h7-8,11,15H,3-6,9-10,12-13H2,1-2H3. The van der Waals surface area contributed by atoms with Crippen molar-refractivity contribution in [1.29, 1.82) is 0 Å². The van der Waals surface area contributed by atoms with E-state index in [1.165, 1.54) is 4.90 Å². The fourth-order valence-corrected chi connectivity index (χ4v) is 3.76. The Morgan fingerprint density at radius 1 is 1.22 bits per heavy atom. The maximum absolute atomic E-state index is 12.8. The molecule has 1 aliphatic rings. The fraction of sp³-hybridized carbons (Fsp3) is 0.647. The zero-order chi connectivity index (χ0) is 19.7. The second-order valence-corrected chi connectivity index (χ2v) is 8.65. The van der Waals surface area contributed by atoms with Crippen LogP contribution >= 0.6 is 23.8 Å². The number of hydrogen-bond donors (Lipinski definition) is 0. The summed E-state index contributed by atoms with van der Waals surface area (Å²) in [5.41, 5.74) is 0. The van der Waals surface area contributed by atoms with Gasteiger partial charge in [0.1, 0.15) is 11.9 Å². The lowest BCUT2D eigenvalue weighted by atomic mass is 10.3. The van der Waals surface area contributed by atoms with Gasteiger partial charge in [0, 0.05) is 10.7 Å². The average molecular weight is 465 g/mol. The summed E-state index contributed by atoms with van der Waals surface area (Å²) in [5.74, 6) is 0.479. The minimum absolute atomic E-state index is 0.0751. The van der Waals surface area contributed by atoms with Gasteiger partial charge in [-0.1, -0.05) is 26.7 Å². The number of hydrogen-bond acceptors (Lipinski definition) is 7. The number of cyclic esters (lactones) is 1. The number of unbranched alkanes of at least 4 members (excludes halogenated alkanes) is 2. The lowest BCUT2D eigenvalue weighted by Gasteiger charge is -2.19. The van der Waals surface area contributed by atoms with Gasteiger partial charge < -0.3 is 4.74 Å². The molecule has 10 heteroatoms. The number of aromatic nitrogens is 1. The van der Waals surface area contributed by atoms with Crippen LogP contribution in [0.5, 0.6) is 0 Å². The normalized spacial score (nSPS) is 17.4. The number of amides is 1. The quantitative estimate of drug-likeness (QED) is 0.320. The summed E-state index contributed by atoms with van der Waals surface area (Å²) < 4.78 is 35.0. The summed E-state index contributed by atoms with van der Waals surface area (Å²) in [7, 11) is -3.68. The van der Waals surface area contributed by atoms with Crippen molar-refractivity contribution in [3.63, 3.8) is 0 Å². The molecule has 152 valence electrons. The van der Waals surface area contributed by atoms with Crippen LogP contribution in [0.1, 0.15) is 39.5 Å². The Hall–Kier alpha value is -0.990. The SMILES string of the molecule is CCCCOP(=O)(OCCCC)OCC1CN(c2ccc(Br)cn2)C(=O)O1. The van der Waals surface area contributed by atoms with Crippen LogP contribution in [-0.2, 0) is 22.9 Å². The lowest BCUT2D eigenvalue weighted by Crippen LogP contribution is -2.26. The first-order chi connectivity index (χ1) is 13.0. The van der Waals surface area contributed by atoms with Crippen LogP contribution < -0.4 is 4.90 Å². The predicted octanol–water partition coefficient (Wildman–Crippen LogP) is 4.93. The molecule has 0 N–H and O–H groups in total. The van der Waals surface area contributed by atoms with Gasteiger partial charge in [-0.25, -0.2) is 14.3 Å². The zero-order valence-corrected chi connectivity index (χ0v) is 18.1. The second kappa shape index (κ2) is 11.1. The highest BCUT2D eigenvalue weighted by Crippen LogP contribution is 2.50. The zero-order valence-electron chi connectivity index (χ0n) is 15.6. The molecule has 0 spiro atoms. The molecule has 0 radical (unpaired) electrons. The van der Waals surface area contributed by atoms with Crippen molar-refractivity contribution in [2.24, 2.45) is 0 Å². The first kappa shape index (κ1) is 22.3. The molecule has 0 saturated carbocycles. The Balaban J connectivity index is 1.90. The number of pyridine rings is 1. The van der Waals surface area contributed by atoms with Crippen LogP contribution in [-0.4, -0.2) is 43.5 Å². The minimum atomic E-state index is -3.68. The Bertz CT molecular complexity index is 631. The molecule has 0 bridgehead atoms. The monoisotopic (exact) mass is 464 g/mol. The van der Waals surface area contributed by atoms with E-state index in [0.717, 1.165) is 30.2 Å². The van der Waals surface area contributed by atoms with Crippen molar-refractivity contribution in [2.45, 2.75) is 45.6 Å². The van der Waals surface area contributed by atoms with E-state index < -0.39 is 20.0 Å². The highest BCUT2D eigenvalue weighted by atomic mass is 79.9. The van der Waals surface area contributed by atoms with Crippen molar-refractivity contribution in [3.05, 3.63) is 22.8 Å². The van der Waals surface area contributed by atoms with Crippen molar-refractivity contribution in [3.8, 4) is 0 Å². The number of halogens is 1. The molecule has 8 nitrogen and oxygen atoms in total. The van der Waals surface area contributed by atoms with Crippen LogP contribution in [0.3, 0.4) is 0 Å². The van der Waals surface area contributed by atoms with Crippen LogP contribution in [0.25, 0.3) is 0 Å². The second-order valence-electron chi connectivity index (χ2n) is 6.07. The smallest absolute Gasteiger partial charge is 0.441 e. The van der Waals surface area contributed by atoms with E-state index in [0.29, 0.717) is 19.0 Å². The summed E-state index contributed by atoms with van der Waals surface area (Å²) in [5, 5.41) is 0. The van der Waals surface area contributed by atoms with Crippen molar-refractivity contribution < 1.29 is 27.7 Å².